The van der Waals surface area contributed by atoms with Gasteiger partial charge in [-0.25, -0.2) is 0 Å². The van der Waals surface area contributed by atoms with E-state index < -0.39 is 0 Å². The third-order valence-electron chi connectivity index (χ3n) is 3.29. The Hall–Kier alpha value is -2.06. The molecule has 0 unspecified atom stereocenters. The van der Waals surface area contributed by atoms with E-state index in [0.717, 1.165) is 17.7 Å². The van der Waals surface area contributed by atoms with Crippen LogP contribution in [0, 0.1) is 0 Å². The lowest BCUT2D eigenvalue weighted by molar-refractivity contribution is -0.0182. The predicted molar refractivity (Wildman–Crippen MR) is 72.8 cm³/mol. The van der Waals surface area contributed by atoms with Crippen LogP contribution < -0.4 is 0 Å². The zero-order chi connectivity index (χ0) is 12.4. The summed E-state index contributed by atoms with van der Waals surface area (Å²) in [5, 5.41) is 11.4. The van der Waals surface area contributed by atoms with Crippen molar-refractivity contribution >= 4 is 11.3 Å². The summed E-state index contributed by atoms with van der Waals surface area (Å²) in [4.78, 5) is 0. The van der Waals surface area contributed by atoms with E-state index >= 15 is 0 Å². The molecule has 18 heavy (non-hydrogen) atoms. The molecule has 3 rings (SSSR count). The fourth-order valence-corrected chi connectivity index (χ4v) is 2.44. The van der Waals surface area contributed by atoms with Crippen LogP contribution in [0.2, 0.25) is 0 Å². The average Bonchev–Trinajstić information content (AvgIpc) is 2.83. The molecular weight excluding hydrogens is 222 g/mol. The number of hydroxylamine groups is 2. The highest BCUT2D eigenvalue weighted by molar-refractivity contribution is 5.91. The standard InChI is InChI=1S/C16H15NO/c18-17-12-11-15(13-7-3-1-4-8-13)16(17)14-9-5-2-6-10-14/h1-10,18H,11-12H2. The largest absolute Gasteiger partial charge is 0.288 e. The van der Waals surface area contributed by atoms with Crippen molar-refractivity contribution in [2.24, 2.45) is 0 Å². The number of hydrogen-bond donors (Lipinski definition) is 1. The zero-order valence-electron chi connectivity index (χ0n) is 10.1. The first-order valence-corrected chi connectivity index (χ1v) is 6.16. The topological polar surface area (TPSA) is 23.5 Å². The van der Waals surface area contributed by atoms with E-state index in [4.69, 9.17) is 0 Å². The molecule has 0 aliphatic carbocycles. The minimum Gasteiger partial charge on any atom is -0.288 e. The van der Waals surface area contributed by atoms with Crippen LogP contribution in [0.5, 0.6) is 0 Å². The molecule has 1 heterocycles. The van der Waals surface area contributed by atoms with Crippen molar-refractivity contribution in [1.29, 1.82) is 0 Å². The second-order valence-electron chi connectivity index (χ2n) is 4.43. The van der Waals surface area contributed by atoms with Gasteiger partial charge in [-0.2, -0.15) is 0 Å². The molecule has 2 nitrogen and oxygen atoms in total. The highest BCUT2D eigenvalue weighted by Crippen LogP contribution is 2.35. The van der Waals surface area contributed by atoms with Gasteiger partial charge in [0.1, 0.15) is 0 Å². The number of rotatable bonds is 2. The fourth-order valence-electron chi connectivity index (χ4n) is 2.44. The molecule has 0 spiro atoms. The third-order valence-corrected chi connectivity index (χ3v) is 3.29. The summed E-state index contributed by atoms with van der Waals surface area (Å²) in [6.45, 7) is 0.661. The van der Waals surface area contributed by atoms with Crippen molar-refractivity contribution in [3.63, 3.8) is 0 Å². The molecule has 90 valence electrons. The van der Waals surface area contributed by atoms with Crippen molar-refractivity contribution in [2.45, 2.75) is 6.42 Å². The van der Waals surface area contributed by atoms with Crippen molar-refractivity contribution in [2.75, 3.05) is 6.54 Å². The van der Waals surface area contributed by atoms with Crippen molar-refractivity contribution in [1.82, 2.24) is 5.06 Å². The summed E-state index contributed by atoms with van der Waals surface area (Å²) in [6.07, 6.45) is 0.880. The monoisotopic (exact) mass is 237 g/mol. The summed E-state index contributed by atoms with van der Waals surface area (Å²) in [6, 6.07) is 20.3. The molecule has 1 aliphatic rings. The molecule has 0 fully saturated rings. The van der Waals surface area contributed by atoms with Gasteiger partial charge in [0, 0.05) is 12.1 Å². The minimum atomic E-state index is 0.661. The molecule has 2 aromatic rings. The maximum absolute atomic E-state index is 10.0. The Morgan fingerprint density at radius 1 is 0.778 bits per heavy atom. The molecule has 0 amide bonds. The fraction of sp³-hybridized carbons (Fsp3) is 0.125. The van der Waals surface area contributed by atoms with E-state index in [0.29, 0.717) is 6.54 Å². The third kappa shape index (κ3) is 1.91. The van der Waals surface area contributed by atoms with Crippen LogP contribution >= 0.6 is 0 Å². The van der Waals surface area contributed by atoms with Gasteiger partial charge in [0.2, 0.25) is 0 Å². The van der Waals surface area contributed by atoms with E-state index in [9.17, 15) is 5.21 Å². The van der Waals surface area contributed by atoms with Crippen LogP contribution in [-0.2, 0) is 0 Å². The number of benzene rings is 2. The molecule has 0 atom stereocenters. The first kappa shape index (κ1) is 11.1. The maximum atomic E-state index is 10.0. The van der Waals surface area contributed by atoms with E-state index in [2.05, 4.69) is 12.1 Å². The van der Waals surface area contributed by atoms with Crippen LogP contribution in [0.3, 0.4) is 0 Å². The van der Waals surface area contributed by atoms with Gasteiger partial charge in [0.05, 0.1) is 5.70 Å². The van der Waals surface area contributed by atoms with Gasteiger partial charge >= 0.3 is 0 Å². The Kier molecular flexibility index (Phi) is 2.87. The molecule has 0 aromatic heterocycles. The molecule has 1 N–H and O–H groups in total. The SMILES string of the molecule is ON1CCC(c2ccccc2)=C1c1ccccc1. The summed E-state index contributed by atoms with van der Waals surface area (Å²) in [7, 11) is 0. The smallest absolute Gasteiger partial charge is 0.0745 e. The van der Waals surface area contributed by atoms with Gasteiger partial charge in [-0.3, -0.25) is 10.3 Å². The van der Waals surface area contributed by atoms with Gasteiger partial charge in [0.25, 0.3) is 0 Å². The highest BCUT2D eigenvalue weighted by atomic mass is 16.5. The summed E-state index contributed by atoms with van der Waals surface area (Å²) < 4.78 is 0. The van der Waals surface area contributed by atoms with Crippen LogP contribution in [0.4, 0.5) is 0 Å². The molecule has 0 saturated heterocycles. The second kappa shape index (κ2) is 4.67. The van der Waals surface area contributed by atoms with E-state index in [1.807, 2.05) is 48.5 Å². The molecule has 1 aliphatic heterocycles. The van der Waals surface area contributed by atoms with Gasteiger partial charge in [0.15, 0.2) is 0 Å². The van der Waals surface area contributed by atoms with Crippen LogP contribution in [0.1, 0.15) is 17.5 Å². The second-order valence-corrected chi connectivity index (χ2v) is 4.43. The summed E-state index contributed by atoms with van der Waals surface area (Å²) in [5.74, 6) is 0. The zero-order valence-corrected chi connectivity index (χ0v) is 10.1. The molecule has 0 radical (unpaired) electrons. The Bertz CT molecular complexity index is 560. The van der Waals surface area contributed by atoms with Crippen molar-refractivity contribution in [3.8, 4) is 0 Å². The Labute approximate surface area is 107 Å². The van der Waals surface area contributed by atoms with Crippen molar-refractivity contribution in [3.05, 3.63) is 71.8 Å². The molecule has 2 aromatic carbocycles. The average molecular weight is 237 g/mol. The molecule has 0 saturated carbocycles. The van der Waals surface area contributed by atoms with E-state index in [1.54, 1.807) is 0 Å². The lowest BCUT2D eigenvalue weighted by Gasteiger charge is -2.15. The number of nitrogens with zero attached hydrogens (tertiary/aromatic N) is 1. The van der Waals surface area contributed by atoms with Crippen molar-refractivity contribution < 1.29 is 5.21 Å². The van der Waals surface area contributed by atoms with Crippen LogP contribution in [0.25, 0.3) is 11.3 Å². The predicted octanol–water partition coefficient (Wildman–Crippen LogP) is 3.65. The first-order chi connectivity index (χ1) is 8.86. The van der Waals surface area contributed by atoms with Crippen LogP contribution in [0.15, 0.2) is 60.7 Å². The van der Waals surface area contributed by atoms with Crippen LogP contribution in [-0.4, -0.2) is 16.8 Å². The Morgan fingerprint density at radius 3 is 1.94 bits per heavy atom. The van der Waals surface area contributed by atoms with Gasteiger partial charge < -0.3 is 0 Å². The van der Waals surface area contributed by atoms with Gasteiger partial charge in [-0.15, -0.1) is 0 Å². The Morgan fingerprint density at radius 2 is 1.33 bits per heavy atom. The highest BCUT2D eigenvalue weighted by Gasteiger charge is 2.23. The molecular formula is C16H15NO. The normalized spacial score (nSPS) is 15.3. The van der Waals surface area contributed by atoms with E-state index in [1.165, 1.54) is 16.2 Å². The quantitative estimate of drug-likeness (QED) is 0.861. The molecule has 2 heteroatoms. The van der Waals surface area contributed by atoms with Gasteiger partial charge in [-0.1, -0.05) is 60.7 Å². The number of hydrogen-bond acceptors (Lipinski definition) is 2. The molecule has 0 bridgehead atoms. The summed E-state index contributed by atoms with van der Waals surface area (Å²) in [5.41, 5.74) is 4.40. The minimum absolute atomic E-state index is 0.661. The summed E-state index contributed by atoms with van der Waals surface area (Å²) >= 11 is 0. The lowest BCUT2D eigenvalue weighted by Crippen LogP contribution is -2.12. The maximum Gasteiger partial charge on any atom is 0.0745 e. The first-order valence-electron chi connectivity index (χ1n) is 6.16. The van der Waals surface area contributed by atoms with Gasteiger partial charge in [-0.05, 0) is 17.6 Å². The lowest BCUT2D eigenvalue weighted by atomic mass is 10.00. The van der Waals surface area contributed by atoms with E-state index in [-0.39, 0.29) is 0 Å². The Balaban J connectivity index is 2.13.